The van der Waals surface area contributed by atoms with Crippen molar-refractivity contribution in [1.29, 1.82) is 0 Å². The summed E-state index contributed by atoms with van der Waals surface area (Å²) >= 11 is 6.13. The predicted octanol–water partition coefficient (Wildman–Crippen LogP) is 3.01. The molecular weight excluding hydrogens is 300 g/mol. The molecule has 0 spiro atoms. The summed E-state index contributed by atoms with van der Waals surface area (Å²) in [7, 11) is 0. The zero-order valence-corrected chi connectivity index (χ0v) is 13.6. The third kappa shape index (κ3) is 2.98. The molecule has 1 aliphatic carbocycles. The Labute approximate surface area is 136 Å². The lowest BCUT2D eigenvalue weighted by Gasteiger charge is -2.35. The number of amides is 2. The van der Waals surface area contributed by atoms with E-state index in [1.807, 2.05) is 19.1 Å². The highest BCUT2D eigenvalue weighted by Gasteiger charge is 2.34. The van der Waals surface area contributed by atoms with Crippen molar-refractivity contribution in [1.82, 2.24) is 4.90 Å². The number of hydrogen-bond acceptors (Lipinski definition) is 2. The molecule has 118 valence electrons. The number of aryl methyl sites for hydroxylation is 1. The lowest BCUT2D eigenvalue weighted by atomic mass is 10.1. The van der Waals surface area contributed by atoms with Gasteiger partial charge in [0.1, 0.15) is 0 Å². The van der Waals surface area contributed by atoms with E-state index >= 15 is 0 Å². The van der Waals surface area contributed by atoms with Crippen molar-refractivity contribution < 1.29 is 9.59 Å². The minimum atomic E-state index is -0.441. The van der Waals surface area contributed by atoms with Crippen LogP contribution in [-0.4, -0.2) is 36.3 Å². The van der Waals surface area contributed by atoms with Crippen LogP contribution in [-0.2, 0) is 9.59 Å². The minimum Gasteiger partial charge on any atom is -0.332 e. The van der Waals surface area contributed by atoms with Gasteiger partial charge in [-0.15, -0.1) is 0 Å². The van der Waals surface area contributed by atoms with Crippen LogP contribution in [0.25, 0.3) is 0 Å². The fraction of sp³-hybridized carbons (Fsp3) is 0.529. The van der Waals surface area contributed by atoms with E-state index in [2.05, 4.69) is 0 Å². The molecule has 0 bridgehead atoms. The van der Waals surface area contributed by atoms with E-state index in [4.69, 9.17) is 11.6 Å². The molecule has 2 amide bonds. The maximum atomic E-state index is 12.4. The summed E-state index contributed by atoms with van der Waals surface area (Å²) in [5.74, 6) is -0.254. The van der Waals surface area contributed by atoms with Gasteiger partial charge in [0.05, 0.1) is 0 Å². The third-order valence-corrected chi connectivity index (χ3v) is 5.14. The molecule has 1 saturated carbocycles. The Balaban J connectivity index is 1.71. The number of piperazine rings is 1. The van der Waals surface area contributed by atoms with E-state index in [1.165, 1.54) is 25.7 Å². The molecule has 22 heavy (non-hydrogen) atoms. The number of halogens is 1. The lowest BCUT2D eigenvalue weighted by Crippen LogP contribution is -2.55. The van der Waals surface area contributed by atoms with Gasteiger partial charge in [0.25, 0.3) is 0 Å². The van der Waals surface area contributed by atoms with Gasteiger partial charge >= 0.3 is 11.8 Å². The summed E-state index contributed by atoms with van der Waals surface area (Å²) in [6, 6.07) is 5.48. The molecule has 1 saturated heterocycles. The number of nitrogens with zero attached hydrogens (tertiary/aromatic N) is 2. The highest BCUT2D eigenvalue weighted by molar-refractivity contribution is 6.41. The summed E-state index contributed by atoms with van der Waals surface area (Å²) < 4.78 is 0. The molecule has 0 N–H and O–H groups in total. The first-order valence-corrected chi connectivity index (χ1v) is 8.31. The summed E-state index contributed by atoms with van der Waals surface area (Å²) in [5.41, 5.74) is 1.67. The molecule has 1 aromatic rings. The topological polar surface area (TPSA) is 40.6 Å². The highest BCUT2D eigenvalue weighted by Crippen LogP contribution is 2.28. The molecule has 2 fully saturated rings. The molecular formula is C17H21ClN2O2. The monoisotopic (exact) mass is 320 g/mol. The van der Waals surface area contributed by atoms with Gasteiger partial charge in [0, 0.05) is 30.3 Å². The van der Waals surface area contributed by atoms with Crippen LogP contribution in [0.4, 0.5) is 5.69 Å². The summed E-state index contributed by atoms with van der Waals surface area (Å²) in [6.07, 6.45) is 4.84. The van der Waals surface area contributed by atoms with Gasteiger partial charge in [-0.1, -0.05) is 30.5 Å². The molecule has 1 heterocycles. The van der Waals surface area contributed by atoms with Crippen molar-refractivity contribution in [3.05, 3.63) is 28.8 Å². The maximum absolute atomic E-state index is 12.4. The molecule has 0 atom stereocenters. The van der Waals surface area contributed by atoms with Crippen LogP contribution in [0.5, 0.6) is 0 Å². The summed E-state index contributed by atoms with van der Waals surface area (Å²) in [6.45, 7) is 3.79. The number of carbonyl (C=O) groups excluding carboxylic acids is 2. The van der Waals surface area contributed by atoms with Crippen LogP contribution in [0.1, 0.15) is 31.2 Å². The largest absolute Gasteiger partial charge is 0.332 e. The van der Waals surface area contributed by atoms with Crippen molar-refractivity contribution in [3.8, 4) is 0 Å². The van der Waals surface area contributed by atoms with Crippen LogP contribution >= 0.6 is 11.6 Å². The Morgan fingerprint density at radius 2 is 1.86 bits per heavy atom. The van der Waals surface area contributed by atoms with Gasteiger partial charge < -0.3 is 9.80 Å². The Bertz CT molecular complexity index is 596. The van der Waals surface area contributed by atoms with E-state index in [1.54, 1.807) is 15.9 Å². The number of anilines is 1. The second kappa shape index (κ2) is 6.29. The van der Waals surface area contributed by atoms with E-state index < -0.39 is 5.91 Å². The van der Waals surface area contributed by atoms with E-state index in [-0.39, 0.29) is 5.91 Å². The van der Waals surface area contributed by atoms with Crippen molar-refractivity contribution in [2.75, 3.05) is 24.5 Å². The van der Waals surface area contributed by atoms with Crippen LogP contribution in [0.2, 0.25) is 5.02 Å². The fourth-order valence-corrected chi connectivity index (χ4v) is 3.52. The molecule has 4 nitrogen and oxygen atoms in total. The molecule has 0 aromatic heterocycles. The van der Waals surface area contributed by atoms with Crippen molar-refractivity contribution >= 4 is 29.1 Å². The zero-order chi connectivity index (χ0) is 15.7. The van der Waals surface area contributed by atoms with Gasteiger partial charge in [-0.2, -0.15) is 0 Å². The van der Waals surface area contributed by atoms with Gasteiger partial charge in [0.2, 0.25) is 0 Å². The van der Waals surface area contributed by atoms with Crippen molar-refractivity contribution in [2.24, 2.45) is 5.92 Å². The Morgan fingerprint density at radius 1 is 1.14 bits per heavy atom. The van der Waals surface area contributed by atoms with Crippen LogP contribution < -0.4 is 4.90 Å². The smallest absolute Gasteiger partial charge is 0.316 e. The van der Waals surface area contributed by atoms with E-state index in [0.29, 0.717) is 29.7 Å². The molecule has 5 heteroatoms. The van der Waals surface area contributed by atoms with Crippen LogP contribution in [0.3, 0.4) is 0 Å². The molecule has 3 rings (SSSR count). The molecule has 1 aliphatic heterocycles. The average molecular weight is 321 g/mol. The Morgan fingerprint density at radius 3 is 2.55 bits per heavy atom. The normalized spacial score (nSPS) is 20.1. The quantitative estimate of drug-likeness (QED) is 0.803. The number of hydrogen-bond donors (Lipinski definition) is 0. The van der Waals surface area contributed by atoms with Crippen molar-refractivity contribution in [2.45, 2.75) is 32.6 Å². The summed E-state index contributed by atoms with van der Waals surface area (Å²) in [4.78, 5) is 28.0. The SMILES string of the molecule is Cc1ccc(N2CCN(CC3CCCC3)C(=O)C2=O)cc1Cl. The number of rotatable bonds is 3. The molecule has 0 radical (unpaired) electrons. The number of carbonyl (C=O) groups is 2. The highest BCUT2D eigenvalue weighted by atomic mass is 35.5. The molecule has 1 aromatic carbocycles. The van der Waals surface area contributed by atoms with E-state index in [9.17, 15) is 9.59 Å². The Kier molecular flexibility index (Phi) is 4.39. The fourth-order valence-electron chi connectivity index (χ4n) is 3.35. The minimum absolute atomic E-state index is 0.380. The van der Waals surface area contributed by atoms with Gasteiger partial charge in [-0.05, 0) is 43.4 Å². The van der Waals surface area contributed by atoms with Crippen molar-refractivity contribution in [3.63, 3.8) is 0 Å². The predicted molar refractivity (Wildman–Crippen MR) is 87.1 cm³/mol. The zero-order valence-electron chi connectivity index (χ0n) is 12.8. The maximum Gasteiger partial charge on any atom is 0.316 e. The molecule has 0 unspecified atom stereocenters. The second-order valence-corrected chi connectivity index (χ2v) is 6.70. The standard InChI is InChI=1S/C17H21ClN2O2/c1-12-6-7-14(10-15(12)18)20-9-8-19(16(21)17(20)22)11-13-4-2-3-5-13/h6-7,10,13H,2-5,8-9,11H2,1H3. The number of benzene rings is 1. The first-order valence-electron chi connectivity index (χ1n) is 7.93. The first kappa shape index (κ1) is 15.3. The van der Waals surface area contributed by atoms with E-state index in [0.717, 1.165) is 12.1 Å². The summed E-state index contributed by atoms with van der Waals surface area (Å²) in [5, 5.41) is 0.617. The second-order valence-electron chi connectivity index (χ2n) is 6.29. The van der Waals surface area contributed by atoms with Crippen LogP contribution in [0.15, 0.2) is 18.2 Å². The van der Waals surface area contributed by atoms with Crippen LogP contribution in [0, 0.1) is 12.8 Å². The first-order chi connectivity index (χ1) is 10.6. The van der Waals surface area contributed by atoms with Gasteiger partial charge in [0.15, 0.2) is 0 Å². The lowest BCUT2D eigenvalue weighted by molar-refractivity contribution is -0.146. The molecule has 2 aliphatic rings. The van der Waals surface area contributed by atoms with Gasteiger partial charge in [-0.3, -0.25) is 9.59 Å². The third-order valence-electron chi connectivity index (χ3n) is 4.73. The van der Waals surface area contributed by atoms with Gasteiger partial charge in [-0.25, -0.2) is 0 Å². The Hall–Kier alpha value is -1.55. The average Bonchev–Trinajstić information content (AvgIpc) is 3.00.